The van der Waals surface area contributed by atoms with E-state index < -0.39 is 0 Å². The summed E-state index contributed by atoms with van der Waals surface area (Å²) in [7, 11) is 1.63. The fourth-order valence-electron chi connectivity index (χ4n) is 1.12. The average molecular weight is 208 g/mol. The molecule has 1 heterocycles. The Morgan fingerprint density at radius 1 is 1.40 bits per heavy atom. The van der Waals surface area contributed by atoms with Crippen LogP contribution in [0.1, 0.15) is 32.9 Å². The Morgan fingerprint density at radius 3 is 2.73 bits per heavy atom. The molecule has 0 bridgehead atoms. The van der Waals surface area contributed by atoms with Crippen LogP contribution in [0.5, 0.6) is 5.88 Å². The SMILES string of the molecule is CCC(C)(C)NCc1cccc(OC)n1. The summed E-state index contributed by atoms with van der Waals surface area (Å²) in [6, 6.07) is 5.82. The van der Waals surface area contributed by atoms with E-state index in [1.165, 1.54) is 0 Å². The third-order valence-electron chi connectivity index (χ3n) is 2.62. The van der Waals surface area contributed by atoms with Crippen molar-refractivity contribution >= 4 is 0 Å². The lowest BCUT2D eigenvalue weighted by Crippen LogP contribution is -2.38. The van der Waals surface area contributed by atoms with E-state index in [1.54, 1.807) is 7.11 Å². The monoisotopic (exact) mass is 208 g/mol. The minimum atomic E-state index is 0.157. The van der Waals surface area contributed by atoms with Gasteiger partial charge < -0.3 is 10.1 Å². The Labute approximate surface area is 91.9 Å². The van der Waals surface area contributed by atoms with Crippen molar-refractivity contribution in [3.05, 3.63) is 23.9 Å². The molecule has 0 aliphatic carbocycles. The van der Waals surface area contributed by atoms with E-state index in [4.69, 9.17) is 4.74 Å². The molecule has 0 unspecified atom stereocenters. The molecular weight excluding hydrogens is 188 g/mol. The highest BCUT2D eigenvalue weighted by Crippen LogP contribution is 2.10. The van der Waals surface area contributed by atoms with Crippen LogP contribution in [0.25, 0.3) is 0 Å². The van der Waals surface area contributed by atoms with E-state index >= 15 is 0 Å². The number of ether oxygens (including phenoxy) is 1. The molecule has 84 valence electrons. The number of nitrogens with zero attached hydrogens (tertiary/aromatic N) is 1. The summed E-state index contributed by atoms with van der Waals surface area (Å²) in [4.78, 5) is 4.34. The maximum atomic E-state index is 5.07. The topological polar surface area (TPSA) is 34.1 Å². The molecule has 1 rings (SSSR count). The Balaban J connectivity index is 2.57. The summed E-state index contributed by atoms with van der Waals surface area (Å²) in [6.07, 6.45) is 1.09. The first-order valence-corrected chi connectivity index (χ1v) is 5.32. The van der Waals surface area contributed by atoms with Gasteiger partial charge in [0.05, 0.1) is 12.8 Å². The van der Waals surface area contributed by atoms with E-state index in [0.717, 1.165) is 18.7 Å². The van der Waals surface area contributed by atoms with Gasteiger partial charge in [0.1, 0.15) is 0 Å². The molecule has 0 radical (unpaired) electrons. The molecule has 15 heavy (non-hydrogen) atoms. The molecule has 1 aromatic rings. The average Bonchev–Trinajstić information content (AvgIpc) is 2.27. The minimum Gasteiger partial charge on any atom is -0.481 e. The standard InChI is InChI=1S/C12H20N2O/c1-5-12(2,3)13-9-10-7-6-8-11(14-10)15-4/h6-8,13H,5,9H2,1-4H3. The van der Waals surface area contributed by atoms with Crippen LogP contribution in [-0.4, -0.2) is 17.6 Å². The van der Waals surface area contributed by atoms with Gasteiger partial charge in [0.2, 0.25) is 5.88 Å². The fraction of sp³-hybridized carbons (Fsp3) is 0.583. The quantitative estimate of drug-likeness (QED) is 0.806. The van der Waals surface area contributed by atoms with Crippen LogP contribution >= 0.6 is 0 Å². The third kappa shape index (κ3) is 3.88. The van der Waals surface area contributed by atoms with Crippen molar-refractivity contribution in [2.45, 2.75) is 39.3 Å². The number of nitrogens with one attached hydrogen (secondary N) is 1. The smallest absolute Gasteiger partial charge is 0.213 e. The molecule has 3 nitrogen and oxygen atoms in total. The van der Waals surface area contributed by atoms with Crippen molar-refractivity contribution in [3.8, 4) is 5.88 Å². The number of pyridine rings is 1. The highest BCUT2D eigenvalue weighted by Gasteiger charge is 2.13. The second-order valence-corrected chi connectivity index (χ2v) is 4.26. The Kier molecular flexibility index (Phi) is 4.09. The third-order valence-corrected chi connectivity index (χ3v) is 2.62. The molecule has 0 atom stereocenters. The zero-order valence-corrected chi connectivity index (χ0v) is 10.0. The summed E-state index contributed by atoms with van der Waals surface area (Å²) in [5.41, 5.74) is 1.17. The Bertz CT molecular complexity index is 310. The molecule has 0 fully saturated rings. The zero-order chi connectivity index (χ0) is 11.3. The van der Waals surface area contributed by atoms with Crippen molar-refractivity contribution in [3.63, 3.8) is 0 Å². The lowest BCUT2D eigenvalue weighted by Gasteiger charge is -2.24. The van der Waals surface area contributed by atoms with Crippen molar-refractivity contribution in [2.75, 3.05) is 7.11 Å². The highest BCUT2D eigenvalue weighted by atomic mass is 16.5. The van der Waals surface area contributed by atoms with E-state index in [2.05, 4.69) is 31.1 Å². The van der Waals surface area contributed by atoms with Gasteiger partial charge in [-0.1, -0.05) is 13.0 Å². The summed E-state index contributed by atoms with van der Waals surface area (Å²) < 4.78 is 5.07. The Hall–Kier alpha value is -1.09. The molecule has 0 amide bonds. The normalized spacial score (nSPS) is 11.5. The molecular formula is C12H20N2O. The van der Waals surface area contributed by atoms with Crippen LogP contribution in [0.15, 0.2) is 18.2 Å². The molecule has 1 aromatic heterocycles. The highest BCUT2D eigenvalue weighted by molar-refractivity contribution is 5.15. The van der Waals surface area contributed by atoms with Gasteiger partial charge in [0.15, 0.2) is 0 Å². The van der Waals surface area contributed by atoms with Gasteiger partial charge in [-0.05, 0) is 26.3 Å². The minimum absolute atomic E-state index is 0.157. The van der Waals surface area contributed by atoms with Crippen molar-refractivity contribution < 1.29 is 4.74 Å². The van der Waals surface area contributed by atoms with Crippen molar-refractivity contribution in [2.24, 2.45) is 0 Å². The zero-order valence-electron chi connectivity index (χ0n) is 10.0. The number of aromatic nitrogens is 1. The molecule has 0 spiro atoms. The van der Waals surface area contributed by atoms with Crippen molar-refractivity contribution in [1.29, 1.82) is 0 Å². The first-order chi connectivity index (χ1) is 7.07. The predicted octanol–water partition coefficient (Wildman–Crippen LogP) is 2.37. The summed E-state index contributed by atoms with van der Waals surface area (Å²) in [6.45, 7) is 7.32. The van der Waals surface area contributed by atoms with Gasteiger partial charge >= 0.3 is 0 Å². The largest absolute Gasteiger partial charge is 0.481 e. The van der Waals surface area contributed by atoms with Crippen LogP contribution in [0.3, 0.4) is 0 Å². The van der Waals surface area contributed by atoms with Crippen molar-refractivity contribution in [1.82, 2.24) is 10.3 Å². The number of hydrogen-bond acceptors (Lipinski definition) is 3. The van der Waals surface area contributed by atoms with E-state index in [0.29, 0.717) is 5.88 Å². The Morgan fingerprint density at radius 2 is 2.13 bits per heavy atom. The molecule has 0 saturated carbocycles. The van der Waals surface area contributed by atoms with Gasteiger partial charge in [0.25, 0.3) is 0 Å². The summed E-state index contributed by atoms with van der Waals surface area (Å²) in [5, 5.41) is 3.46. The lowest BCUT2D eigenvalue weighted by atomic mass is 10.0. The van der Waals surface area contributed by atoms with Crippen LogP contribution in [-0.2, 0) is 6.54 Å². The first kappa shape index (κ1) is 12.0. The van der Waals surface area contributed by atoms with Gasteiger partial charge in [-0.2, -0.15) is 0 Å². The van der Waals surface area contributed by atoms with Crippen LogP contribution in [0.4, 0.5) is 0 Å². The number of rotatable bonds is 5. The van der Waals surface area contributed by atoms with Crippen LogP contribution in [0, 0.1) is 0 Å². The molecule has 0 aromatic carbocycles. The molecule has 0 aliphatic rings. The van der Waals surface area contributed by atoms with E-state index in [1.807, 2.05) is 18.2 Å². The molecule has 1 N–H and O–H groups in total. The summed E-state index contributed by atoms with van der Waals surface area (Å²) >= 11 is 0. The van der Waals surface area contributed by atoms with Gasteiger partial charge in [-0.25, -0.2) is 4.98 Å². The predicted molar refractivity (Wildman–Crippen MR) is 62.0 cm³/mol. The molecule has 0 aliphatic heterocycles. The van der Waals surface area contributed by atoms with Crippen LogP contribution in [0.2, 0.25) is 0 Å². The van der Waals surface area contributed by atoms with Gasteiger partial charge in [-0.3, -0.25) is 0 Å². The van der Waals surface area contributed by atoms with E-state index in [-0.39, 0.29) is 5.54 Å². The fourth-order valence-corrected chi connectivity index (χ4v) is 1.12. The second-order valence-electron chi connectivity index (χ2n) is 4.26. The lowest BCUT2D eigenvalue weighted by molar-refractivity contribution is 0.367. The van der Waals surface area contributed by atoms with E-state index in [9.17, 15) is 0 Å². The number of methoxy groups -OCH3 is 1. The summed E-state index contributed by atoms with van der Waals surface area (Å²) in [5.74, 6) is 0.670. The van der Waals surface area contributed by atoms with Crippen LogP contribution < -0.4 is 10.1 Å². The first-order valence-electron chi connectivity index (χ1n) is 5.32. The van der Waals surface area contributed by atoms with Gasteiger partial charge in [0, 0.05) is 18.2 Å². The molecule has 0 saturated heterocycles. The maximum Gasteiger partial charge on any atom is 0.213 e. The maximum absolute atomic E-state index is 5.07. The second kappa shape index (κ2) is 5.12. The number of hydrogen-bond donors (Lipinski definition) is 1. The van der Waals surface area contributed by atoms with Gasteiger partial charge in [-0.15, -0.1) is 0 Å². The molecule has 3 heteroatoms.